The van der Waals surface area contributed by atoms with E-state index in [0.717, 1.165) is 9.87 Å². The van der Waals surface area contributed by atoms with Crippen LogP contribution in [0.4, 0.5) is 5.69 Å². The van der Waals surface area contributed by atoms with Crippen LogP contribution >= 0.6 is 0 Å². The summed E-state index contributed by atoms with van der Waals surface area (Å²) in [6, 6.07) is 20.2. The Morgan fingerprint density at radius 3 is 2.33 bits per heavy atom. The third-order valence-corrected chi connectivity index (χ3v) is 6.60. The molecule has 1 amide bonds. The van der Waals surface area contributed by atoms with E-state index in [9.17, 15) is 13.2 Å². The number of nitrogens with one attached hydrogen (secondary N) is 1. The quantitative estimate of drug-likeness (QED) is 0.384. The number of ether oxygens (including phenoxy) is 2. The predicted molar refractivity (Wildman–Crippen MR) is 127 cm³/mol. The lowest BCUT2D eigenvalue weighted by Gasteiger charge is -2.25. The van der Waals surface area contributed by atoms with E-state index in [1.54, 1.807) is 67.6 Å². The van der Waals surface area contributed by atoms with Crippen LogP contribution < -0.4 is 19.2 Å². The van der Waals surface area contributed by atoms with Crippen molar-refractivity contribution in [2.24, 2.45) is 5.10 Å². The molecule has 3 aromatic rings. The van der Waals surface area contributed by atoms with Gasteiger partial charge in [0, 0.05) is 5.56 Å². The first-order valence-corrected chi connectivity index (χ1v) is 11.5. The van der Waals surface area contributed by atoms with Gasteiger partial charge in [-0.05, 0) is 42.8 Å². The largest absolute Gasteiger partial charge is 0.493 e. The van der Waals surface area contributed by atoms with Crippen LogP contribution in [-0.2, 0) is 14.8 Å². The van der Waals surface area contributed by atoms with Crippen molar-refractivity contribution in [1.29, 1.82) is 0 Å². The number of aryl methyl sites for hydroxylation is 1. The summed E-state index contributed by atoms with van der Waals surface area (Å²) in [6.07, 6.45) is 1.41. The molecular weight excluding hydrogens is 442 g/mol. The molecule has 0 saturated carbocycles. The zero-order valence-electron chi connectivity index (χ0n) is 18.6. The molecule has 172 valence electrons. The maximum Gasteiger partial charge on any atom is 0.264 e. The van der Waals surface area contributed by atoms with Gasteiger partial charge in [0.1, 0.15) is 6.54 Å². The Morgan fingerprint density at radius 2 is 1.67 bits per heavy atom. The molecule has 33 heavy (non-hydrogen) atoms. The molecule has 3 rings (SSSR count). The first-order chi connectivity index (χ1) is 15.9. The zero-order chi connectivity index (χ0) is 23.8. The lowest BCUT2D eigenvalue weighted by Crippen LogP contribution is -2.40. The van der Waals surface area contributed by atoms with Crippen LogP contribution in [0.1, 0.15) is 11.1 Å². The van der Waals surface area contributed by atoms with Crippen LogP contribution in [0.15, 0.2) is 82.8 Å². The first-order valence-electron chi connectivity index (χ1n) is 10.0. The van der Waals surface area contributed by atoms with Gasteiger partial charge in [-0.3, -0.25) is 9.10 Å². The van der Waals surface area contributed by atoms with Gasteiger partial charge in [-0.1, -0.05) is 42.5 Å². The van der Waals surface area contributed by atoms with E-state index in [2.05, 4.69) is 10.5 Å². The Kier molecular flexibility index (Phi) is 7.68. The van der Waals surface area contributed by atoms with Gasteiger partial charge in [0.15, 0.2) is 11.5 Å². The summed E-state index contributed by atoms with van der Waals surface area (Å²) < 4.78 is 38.4. The molecule has 0 spiro atoms. The molecule has 0 bridgehead atoms. The lowest BCUT2D eigenvalue weighted by atomic mass is 10.2. The highest BCUT2D eigenvalue weighted by atomic mass is 32.2. The Labute approximate surface area is 193 Å². The molecule has 0 saturated heterocycles. The molecule has 0 heterocycles. The standard InChI is InChI=1S/C24H25N3O5S/c1-18-10-7-8-14-21(18)27(33(29,30)20-12-5-4-6-13-20)17-23(28)26-25-16-19-11-9-15-22(31-2)24(19)32-3/h4-16H,17H2,1-3H3,(H,26,28)/b25-16+. The van der Waals surface area contributed by atoms with Gasteiger partial charge in [0.05, 0.1) is 31.0 Å². The zero-order valence-corrected chi connectivity index (χ0v) is 19.4. The fourth-order valence-corrected chi connectivity index (χ4v) is 4.72. The van der Waals surface area contributed by atoms with E-state index >= 15 is 0 Å². The van der Waals surface area contributed by atoms with Crippen molar-refractivity contribution >= 4 is 27.8 Å². The van der Waals surface area contributed by atoms with Gasteiger partial charge in [0.25, 0.3) is 15.9 Å². The molecule has 9 heteroatoms. The minimum absolute atomic E-state index is 0.0886. The number of hydrazone groups is 1. The van der Waals surface area contributed by atoms with E-state index in [0.29, 0.717) is 22.7 Å². The molecular formula is C24H25N3O5S. The summed E-state index contributed by atoms with van der Waals surface area (Å²) >= 11 is 0. The summed E-state index contributed by atoms with van der Waals surface area (Å²) in [5.74, 6) is 0.384. The van der Waals surface area contributed by atoms with Crippen molar-refractivity contribution in [3.8, 4) is 11.5 Å². The molecule has 0 atom stereocenters. The smallest absolute Gasteiger partial charge is 0.264 e. The van der Waals surface area contributed by atoms with E-state index < -0.39 is 22.5 Å². The molecule has 3 aromatic carbocycles. The Hall–Kier alpha value is -3.85. The van der Waals surface area contributed by atoms with Gasteiger partial charge >= 0.3 is 0 Å². The second kappa shape index (κ2) is 10.6. The highest BCUT2D eigenvalue weighted by Crippen LogP contribution is 2.29. The summed E-state index contributed by atoms with van der Waals surface area (Å²) in [5.41, 5.74) is 4.11. The minimum Gasteiger partial charge on any atom is -0.493 e. The molecule has 0 fully saturated rings. The Bertz CT molecular complexity index is 1240. The number of benzene rings is 3. The number of sulfonamides is 1. The van der Waals surface area contributed by atoms with E-state index in [1.807, 2.05) is 0 Å². The minimum atomic E-state index is -3.98. The number of amides is 1. The second-order valence-electron chi connectivity index (χ2n) is 6.99. The number of hydrogen-bond acceptors (Lipinski definition) is 6. The molecule has 0 aliphatic rings. The highest BCUT2D eigenvalue weighted by Gasteiger charge is 2.28. The third-order valence-electron chi connectivity index (χ3n) is 4.83. The number of rotatable bonds is 9. The maximum absolute atomic E-state index is 13.3. The SMILES string of the molecule is COc1cccc(/C=N/NC(=O)CN(c2ccccc2C)S(=O)(=O)c2ccccc2)c1OC. The summed E-state index contributed by atoms with van der Waals surface area (Å²) in [5, 5.41) is 3.97. The third kappa shape index (κ3) is 5.50. The average Bonchev–Trinajstić information content (AvgIpc) is 2.83. The van der Waals surface area contributed by atoms with Gasteiger partial charge in [0.2, 0.25) is 0 Å². The van der Waals surface area contributed by atoms with Gasteiger partial charge in [-0.15, -0.1) is 0 Å². The maximum atomic E-state index is 13.3. The van der Waals surface area contributed by atoms with Crippen LogP contribution in [0.2, 0.25) is 0 Å². The average molecular weight is 468 g/mol. The van der Waals surface area contributed by atoms with Gasteiger partial charge in [-0.2, -0.15) is 5.10 Å². The van der Waals surface area contributed by atoms with E-state index in [1.165, 1.54) is 32.6 Å². The highest BCUT2D eigenvalue weighted by molar-refractivity contribution is 7.92. The molecule has 0 unspecified atom stereocenters. The van der Waals surface area contributed by atoms with Crippen LogP contribution in [0.3, 0.4) is 0 Å². The fraction of sp³-hybridized carbons (Fsp3) is 0.167. The topological polar surface area (TPSA) is 97.3 Å². The van der Waals surface area contributed by atoms with Crippen LogP contribution in [0, 0.1) is 6.92 Å². The summed E-state index contributed by atoms with van der Waals surface area (Å²) in [6.45, 7) is 1.34. The van der Waals surface area contributed by atoms with Crippen molar-refractivity contribution in [2.75, 3.05) is 25.1 Å². The summed E-state index contributed by atoms with van der Waals surface area (Å²) in [7, 11) is -0.960. The molecule has 0 aliphatic heterocycles. The molecule has 8 nitrogen and oxygen atoms in total. The summed E-state index contributed by atoms with van der Waals surface area (Å²) in [4.78, 5) is 12.8. The van der Waals surface area contributed by atoms with Gasteiger partial charge < -0.3 is 9.47 Å². The van der Waals surface area contributed by atoms with Crippen LogP contribution in [-0.4, -0.2) is 41.3 Å². The molecule has 0 aliphatic carbocycles. The normalized spacial score (nSPS) is 11.2. The van der Waals surface area contributed by atoms with Gasteiger partial charge in [-0.25, -0.2) is 13.8 Å². The van der Waals surface area contributed by atoms with Crippen molar-refractivity contribution in [3.63, 3.8) is 0 Å². The van der Waals surface area contributed by atoms with Crippen molar-refractivity contribution in [1.82, 2.24) is 5.43 Å². The Balaban J connectivity index is 1.85. The number of nitrogens with zero attached hydrogens (tertiary/aromatic N) is 2. The number of carbonyl (C=O) groups is 1. The lowest BCUT2D eigenvalue weighted by molar-refractivity contribution is -0.119. The number of methoxy groups -OCH3 is 2. The molecule has 1 N–H and O–H groups in total. The van der Waals surface area contributed by atoms with Crippen LogP contribution in [0.25, 0.3) is 0 Å². The monoisotopic (exact) mass is 467 g/mol. The Morgan fingerprint density at radius 1 is 0.970 bits per heavy atom. The predicted octanol–water partition coefficient (Wildman–Crippen LogP) is 3.36. The van der Waals surface area contributed by atoms with Crippen molar-refractivity contribution < 1.29 is 22.7 Å². The molecule has 0 aromatic heterocycles. The van der Waals surface area contributed by atoms with Crippen LogP contribution in [0.5, 0.6) is 11.5 Å². The van der Waals surface area contributed by atoms with E-state index in [4.69, 9.17) is 9.47 Å². The second-order valence-corrected chi connectivity index (χ2v) is 8.85. The van der Waals surface area contributed by atoms with E-state index in [-0.39, 0.29) is 4.90 Å². The number of carbonyl (C=O) groups excluding carboxylic acids is 1. The fourth-order valence-electron chi connectivity index (χ4n) is 3.22. The number of hydrogen-bond donors (Lipinski definition) is 1. The van der Waals surface area contributed by atoms with Crippen molar-refractivity contribution in [2.45, 2.75) is 11.8 Å². The molecule has 0 radical (unpaired) electrons. The first kappa shape index (κ1) is 23.8. The number of anilines is 1. The van der Waals surface area contributed by atoms with Crippen molar-refractivity contribution in [3.05, 3.63) is 83.9 Å². The number of para-hydroxylation sites is 2.